The van der Waals surface area contributed by atoms with Crippen LogP contribution < -0.4 is 4.90 Å². The second kappa shape index (κ2) is 6.47. The lowest BCUT2D eigenvalue weighted by Crippen LogP contribution is -2.31. The van der Waals surface area contributed by atoms with Gasteiger partial charge in [0, 0.05) is 30.2 Å². The van der Waals surface area contributed by atoms with Gasteiger partial charge in [-0.3, -0.25) is 4.79 Å². The molecule has 0 aliphatic carbocycles. The molecule has 1 heterocycles. The number of nitrogens with zero attached hydrogens (tertiary/aromatic N) is 2. The summed E-state index contributed by atoms with van der Waals surface area (Å²) in [6.45, 7) is 2.22. The molecule has 1 N–H and O–H groups in total. The molecule has 1 aromatic heterocycles. The Kier molecular flexibility index (Phi) is 4.68. The average molecular weight is 294 g/mol. The largest absolute Gasteiger partial charge is 0.481 e. The molecular weight excluding hydrogens is 279 g/mol. The van der Waals surface area contributed by atoms with E-state index in [1.165, 1.54) is 17.4 Å². The molecule has 0 saturated heterocycles. The number of carboxylic acid groups (broad SMARTS) is 1. The normalized spacial score (nSPS) is 12.1. The Labute approximate surface area is 120 Å². The topological polar surface area (TPSA) is 53.4 Å². The van der Waals surface area contributed by atoms with E-state index in [0.29, 0.717) is 17.2 Å². The van der Waals surface area contributed by atoms with Crippen molar-refractivity contribution in [3.63, 3.8) is 0 Å². The first kappa shape index (κ1) is 14.5. The first-order valence-corrected chi connectivity index (χ1v) is 7.06. The van der Waals surface area contributed by atoms with Gasteiger partial charge in [0.25, 0.3) is 0 Å². The molecule has 1 unspecified atom stereocenters. The van der Waals surface area contributed by atoms with Gasteiger partial charge in [-0.2, -0.15) is 0 Å². The molecule has 0 fully saturated rings. The molecule has 0 bridgehead atoms. The van der Waals surface area contributed by atoms with E-state index in [0.717, 1.165) is 0 Å². The fourth-order valence-electron chi connectivity index (χ4n) is 1.82. The van der Waals surface area contributed by atoms with Crippen molar-refractivity contribution >= 4 is 22.4 Å². The molecule has 0 aliphatic rings. The molecule has 0 aliphatic heterocycles. The smallest absolute Gasteiger partial charge is 0.308 e. The molecule has 0 radical (unpaired) electrons. The quantitative estimate of drug-likeness (QED) is 0.890. The predicted molar refractivity (Wildman–Crippen MR) is 76.4 cm³/mol. The van der Waals surface area contributed by atoms with E-state index in [9.17, 15) is 9.18 Å². The number of aromatic nitrogens is 1. The monoisotopic (exact) mass is 294 g/mol. The van der Waals surface area contributed by atoms with Crippen LogP contribution in [0.25, 0.3) is 0 Å². The Morgan fingerprint density at radius 2 is 2.25 bits per heavy atom. The number of hydrogen-bond donors (Lipinski definition) is 1. The lowest BCUT2D eigenvalue weighted by Gasteiger charge is -2.24. The predicted octanol–water partition coefficient (Wildman–Crippen LogP) is 3.01. The highest BCUT2D eigenvalue weighted by molar-refractivity contribution is 7.13. The van der Waals surface area contributed by atoms with Crippen molar-refractivity contribution in [2.45, 2.75) is 13.5 Å². The van der Waals surface area contributed by atoms with Crippen LogP contribution in [-0.4, -0.2) is 22.6 Å². The molecule has 20 heavy (non-hydrogen) atoms. The van der Waals surface area contributed by atoms with Crippen LogP contribution >= 0.6 is 11.3 Å². The number of carboxylic acids is 1. The van der Waals surface area contributed by atoms with Gasteiger partial charge in [0.05, 0.1) is 5.92 Å². The minimum atomic E-state index is -0.875. The fourth-order valence-corrected chi connectivity index (χ4v) is 2.48. The number of thiazole rings is 1. The minimum Gasteiger partial charge on any atom is -0.481 e. The number of carbonyl (C=O) groups is 1. The summed E-state index contributed by atoms with van der Waals surface area (Å²) in [6, 6.07) is 6.49. The molecule has 106 valence electrons. The van der Waals surface area contributed by atoms with E-state index in [4.69, 9.17) is 5.11 Å². The highest BCUT2D eigenvalue weighted by atomic mass is 32.1. The van der Waals surface area contributed by atoms with Gasteiger partial charge in [0.15, 0.2) is 5.13 Å². The third-order valence-corrected chi connectivity index (χ3v) is 3.76. The fraction of sp³-hybridized carbons (Fsp3) is 0.286. The molecule has 0 amide bonds. The lowest BCUT2D eigenvalue weighted by atomic mass is 10.1. The maximum absolute atomic E-state index is 13.7. The van der Waals surface area contributed by atoms with Gasteiger partial charge < -0.3 is 10.0 Å². The Balaban J connectivity index is 2.19. The molecule has 2 rings (SSSR count). The van der Waals surface area contributed by atoms with Crippen LogP contribution in [0.5, 0.6) is 0 Å². The van der Waals surface area contributed by atoms with Crippen molar-refractivity contribution in [2.75, 3.05) is 11.4 Å². The summed E-state index contributed by atoms with van der Waals surface area (Å²) >= 11 is 1.41. The van der Waals surface area contributed by atoms with Crippen LogP contribution in [0.3, 0.4) is 0 Å². The molecule has 2 aromatic rings. The number of anilines is 1. The summed E-state index contributed by atoms with van der Waals surface area (Å²) in [4.78, 5) is 17.0. The number of benzene rings is 1. The second-order valence-electron chi connectivity index (χ2n) is 4.53. The van der Waals surface area contributed by atoms with Gasteiger partial charge in [0.2, 0.25) is 0 Å². The second-order valence-corrected chi connectivity index (χ2v) is 5.40. The summed E-state index contributed by atoms with van der Waals surface area (Å²) in [7, 11) is 0. The molecule has 4 nitrogen and oxygen atoms in total. The van der Waals surface area contributed by atoms with Crippen molar-refractivity contribution in [1.82, 2.24) is 4.98 Å². The van der Waals surface area contributed by atoms with E-state index in [1.54, 1.807) is 36.2 Å². The summed E-state index contributed by atoms with van der Waals surface area (Å²) < 4.78 is 13.7. The Bertz CT molecular complexity index is 574. The number of halogens is 1. The molecular formula is C14H15FN2O2S. The van der Waals surface area contributed by atoms with Crippen molar-refractivity contribution in [2.24, 2.45) is 5.92 Å². The summed E-state index contributed by atoms with van der Waals surface area (Å²) in [6.07, 6.45) is 1.65. The van der Waals surface area contributed by atoms with Crippen molar-refractivity contribution < 1.29 is 14.3 Å². The van der Waals surface area contributed by atoms with E-state index >= 15 is 0 Å². The highest BCUT2D eigenvalue weighted by Crippen LogP contribution is 2.22. The third kappa shape index (κ3) is 3.54. The minimum absolute atomic E-state index is 0.289. The molecule has 6 heteroatoms. The molecule has 1 atom stereocenters. The van der Waals surface area contributed by atoms with Gasteiger partial charge in [-0.25, -0.2) is 9.37 Å². The molecule has 0 spiro atoms. The van der Waals surface area contributed by atoms with Crippen molar-refractivity contribution in [1.29, 1.82) is 0 Å². The maximum atomic E-state index is 13.7. The maximum Gasteiger partial charge on any atom is 0.308 e. The Morgan fingerprint density at radius 3 is 2.85 bits per heavy atom. The van der Waals surface area contributed by atoms with Gasteiger partial charge in [-0.1, -0.05) is 25.1 Å². The van der Waals surface area contributed by atoms with Gasteiger partial charge in [0.1, 0.15) is 5.82 Å². The van der Waals surface area contributed by atoms with Crippen molar-refractivity contribution in [3.05, 3.63) is 47.2 Å². The van der Waals surface area contributed by atoms with Gasteiger partial charge in [-0.05, 0) is 6.07 Å². The zero-order valence-electron chi connectivity index (χ0n) is 11.0. The summed E-state index contributed by atoms with van der Waals surface area (Å²) in [5.74, 6) is -1.72. The standard InChI is InChI=1S/C14H15FN2O2S/c1-10(13(18)19)8-17(14-16-6-7-20-14)9-11-4-2-3-5-12(11)15/h2-7,10H,8-9H2,1H3,(H,18,19). The Hall–Kier alpha value is -1.95. The van der Waals surface area contributed by atoms with Crippen LogP contribution in [0.2, 0.25) is 0 Å². The first-order chi connectivity index (χ1) is 9.58. The zero-order valence-corrected chi connectivity index (χ0v) is 11.8. The lowest BCUT2D eigenvalue weighted by molar-refractivity contribution is -0.140. The van der Waals surface area contributed by atoms with E-state index < -0.39 is 11.9 Å². The van der Waals surface area contributed by atoms with Gasteiger partial charge in [-0.15, -0.1) is 11.3 Å². The highest BCUT2D eigenvalue weighted by Gasteiger charge is 2.19. The zero-order chi connectivity index (χ0) is 14.5. The Morgan fingerprint density at radius 1 is 1.50 bits per heavy atom. The van der Waals surface area contributed by atoms with E-state index in [2.05, 4.69) is 4.98 Å². The van der Waals surface area contributed by atoms with Crippen LogP contribution in [0.15, 0.2) is 35.8 Å². The summed E-state index contributed by atoms with van der Waals surface area (Å²) in [5, 5.41) is 11.5. The number of hydrogen-bond acceptors (Lipinski definition) is 4. The number of aliphatic carboxylic acids is 1. The van der Waals surface area contributed by atoms with Gasteiger partial charge >= 0.3 is 5.97 Å². The molecule has 1 aromatic carbocycles. The first-order valence-electron chi connectivity index (χ1n) is 6.18. The summed E-state index contributed by atoms with van der Waals surface area (Å²) in [5.41, 5.74) is 0.528. The average Bonchev–Trinajstić information content (AvgIpc) is 2.94. The SMILES string of the molecule is CC(CN(Cc1ccccc1F)c1nccs1)C(=O)O. The molecule has 0 saturated carbocycles. The van der Waals surface area contributed by atoms with Crippen LogP contribution in [0.1, 0.15) is 12.5 Å². The van der Waals surface area contributed by atoms with E-state index in [1.807, 2.05) is 5.38 Å². The number of rotatable bonds is 6. The van der Waals surface area contributed by atoms with Crippen LogP contribution in [-0.2, 0) is 11.3 Å². The van der Waals surface area contributed by atoms with Crippen LogP contribution in [0, 0.1) is 11.7 Å². The third-order valence-electron chi connectivity index (χ3n) is 2.92. The van der Waals surface area contributed by atoms with E-state index in [-0.39, 0.29) is 12.4 Å². The van der Waals surface area contributed by atoms with Crippen LogP contribution in [0.4, 0.5) is 9.52 Å². The van der Waals surface area contributed by atoms with Crippen molar-refractivity contribution in [3.8, 4) is 0 Å².